The van der Waals surface area contributed by atoms with Crippen molar-refractivity contribution in [1.82, 2.24) is 24.9 Å². The van der Waals surface area contributed by atoms with Crippen molar-refractivity contribution in [3.05, 3.63) is 97.3 Å². The summed E-state index contributed by atoms with van der Waals surface area (Å²) in [7, 11) is 0. The average molecular weight is 390 g/mol. The monoisotopic (exact) mass is 390 g/mol. The zero-order chi connectivity index (χ0) is 20.2. The molecule has 2 aromatic carbocycles. The van der Waals surface area contributed by atoms with E-state index < -0.39 is 0 Å². The lowest BCUT2D eigenvalue weighted by Gasteiger charge is -2.10. The first-order chi connectivity index (χ1) is 14.9. The zero-order valence-electron chi connectivity index (χ0n) is 16.1. The van der Waals surface area contributed by atoms with Gasteiger partial charge < -0.3 is 5.32 Å². The van der Waals surface area contributed by atoms with Gasteiger partial charge in [0.2, 0.25) is 0 Å². The number of hydrogen-bond donors (Lipinski definition) is 1. The van der Waals surface area contributed by atoms with Crippen molar-refractivity contribution in [3.8, 4) is 22.5 Å². The number of nitrogens with one attached hydrogen (secondary N) is 1. The summed E-state index contributed by atoms with van der Waals surface area (Å²) >= 11 is 0. The molecular weight excluding hydrogens is 372 g/mol. The molecule has 0 aliphatic heterocycles. The Morgan fingerprint density at radius 2 is 1.63 bits per heavy atom. The minimum absolute atomic E-state index is 0.611. The van der Waals surface area contributed by atoms with E-state index in [2.05, 4.69) is 60.6 Å². The average Bonchev–Trinajstić information content (AvgIpc) is 2.84. The zero-order valence-corrected chi connectivity index (χ0v) is 16.1. The molecule has 3 aromatic heterocycles. The van der Waals surface area contributed by atoms with Crippen molar-refractivity contribution in [3.63, 3.8) is 0 Å². The van der Waals surface area contributed by atoms with Crippen LogP contribution in [0.4, 0.5) is 5.82 Å². The Morgan fingerprint density at radius 3 is 2.43 bits per heavy atom. The van der Waals surface area contributed by atoms with E-state index in [1.807, 2.05) is 36.5 Å². The number of anilines is 1. The first kappa shape index (κ1) is 17.9. The molecule has 6 heteroatoms. The Balaban J connectivity index is 1.35. The maximum Gasteiger partial charge on any atom is 0.137 e. The first-order valence-electron chi connectivity index (χ1n) is 9.62. The molecule has 1 N–H and O–H groups in total. The van der Waals surface area contributed by atoms with Crippen molar-refractivity contribution in [2.75, 3.05) is 5.32 Å². The molecule has 0 fully saturated rings. The van der Waals surface area contributed by atoms with Gasteiger partial charge in [0, 0.05) is 30.5 Å². The van der Waals surface area contributed by atoms with Crippen molar-refractivity contribution < 1.29 is 0 Å². The van der Waals surface area contributed by atoms with Crippen LogP contribution < -0.4 is 5.32 Å². The van der Waals surface area contributed by atoms with Gasteiger partial charge >= 0.3 is 0 Å². The summed E-state index contributed by atoms with van der Waals surface area (Å²) in [6, 6.07) is 20.5. The van der Waals surface area contributed by atoms with Crippen LogP contribution in [0.15, 0.2) is 91.8 Å². The van der Waals surface area contributed by atoms with E-state index in [0.29, 0.717) is 6.54 Å². The predicted molar refractivity (Wildman–Crippen MR) is 118 cm³/mol. The quantitative estimate of drug-likeness (QED) is 0.466. The summed E-state index contributed by atoms with van der Waals surface area (Å²) in [5.41, 5.74) is 5.82. The highest BCUT2D eigenvalue weighted by molar-refractivity contribution is 5.91. The lowest BCUT2D eigenvalue weighted by Crippen LogP contribution is -2.03. The van der Waals surface area contributed by atoms with Crippen LogP contribution in [0.1, 0.15) is 5.56 Å². The highest BCUT2D eigenvalue weighted by Crippen LogP contribution is 2.26. The highest BCUT2D eigenvalue weighted by atomic mass is 15.0. The van der Waals surface area contributed by atoms with Crippen molar-refractivity contribution in [1.29, 1.82) is 0 Å². The summed E-state index contributed by atoms with van der Waals surface area (Å²) in [6.45, 7) is 0.611. The molecule has 5 aromatic rings. The molecule has 5 rings (SSSR count). The van der Waals surface area contributed by atoms with Gasteiger partial charge in [0.05, 0.1) is 17.4 Å². The van der Waals surface area contributed by atoms with Crippen LogP contribution in [0.5, 0.6) is 0 Å². The van der Waals surface area contributed by atoms with Crippen LogP contribution >= 0.6 is 0 Å². The van der Waals surface area contributed by atoms with Crippen LogP contribution in [0.2, 0.25) is 0 Å². The molecule has 0 aliphatic rings. The second kappa shape index (κ2) is 8.05. The minimum Gasteiger partial charge on any atom is -0.365 e. The van der Waals surface area contributed by atoms with E-state index in [4.69, 9.17) is 0 Å². The fourth-order valence-corrected chi connectivity index (χ4v) is 3.31. The molecular formula is C24H18N6. The Bertz CT molecular complexity index is 1270. The molecule has 0 radical (unpaired) electrons. The first-order valence-corrected chi connectivity index (χ1v) is 9.62. The molecule has 0 bridgehead atoms. The van der Waals surface area contributed by atoms with Crippen LogP contribution in [0.3, 0.4) is 0 Å². The van der Waals surface area contributed by atoms with Crippen molar-refractivity contribution in [2.45, 2.75) is 6.54 Å². The third kappa shape index (κ3) is 3.71. The summed E-state index contributed by atoms with van der Waals surface area (Å²) < 4.78 is 0. The Labute approximate surface area is 173 Å². The van der Waals surface area contributed by atoms with Gasteiger partial charge in [-0.2, -0.15) is 0 Å². The number of fused-ring (bicyclic) bond motifs is 1. The molecule has 3 heterocycles. The summed E-state index contributed by atoms with van der Waals surface area (Å²) in [4.78, 5) is 21.7. The van der Waals surface area contributed by atoms with Crippen molar-refractivity contribution in [2.24, 2.45) is 0 Å². The van der Waals surface area contributed by atoms with Gasteiger partial charge in [0.1, 0.15) is 17.8 Å². The molecule has 0 unspecified atom stereocenters. The molecule has 30 heavy (non-hydrogen) atoms. The molecule has 0 saturated carbocycles. The van der Waals surface area contributed by atoms with Crippen molar-refractivity contribution >= 4 is 16.7 Å². The van der Waals surface area contributed by atoms with Gasteiger partial charge in [-0.25, -0.2) is 9.97 Å². The van der Waals surface area contributed by atoms with Gasteiger partial charge in [-0.15, -0.1) is 0 Å². The van der Waals surface area contributed by atoms with E-state index in [1.54, 1.807) is 24.9 Å². The topological polar surface area (TPSA) is 76.5 Å². The lowest BCUT2D eigenvalue weighted by molar-refractivity contribution is 1.08. The predicted octanol–water partition coefficient (Wildman–Crippen LogP) is 4.76. The molecule has 0 amide bonds. The van der Waals surface area contributed by atoms with E-state index in [0.717, 1.165) is 39.2 Å². The standard InChI is InChI=1S/C24H18N6/c1-2-4-18(5-3-1)19-7-8-20-22(12-19)29-16-30-24(20)28-14-17-6-9-21(27-13-17)23-15-25-10-11-26-23/h1-13,15-16H,14H2,(H,28,29,30). The third-order valence-corrected chi connectivity index (χ3v) is 4.85. The lowest BCUT2D eigenvalue weighted by atomic mass is 10.0. The Hall–Kier alpha value is -4.19. The fraction of sp³-hybridized carbons (Fsp3) is 0.0417. The second-order valence-electron chi connectivity index (χ2n) is 6.82. The second-order valence-corrected chi connectivity index (χ2v) is 6.82. The fourth-order valence-electron chi connectivity index (χ4n) is 3.31. The van der Waals surface area contributed by atoms with Gasteiger partial charge in [-0.05, 0) is 34.9 Å². The third-order valence-electron chi connectivity index (χ3n) is 4.85. The maximum absolute atomic E-state index is 4.49. The molecule has 0 saturated heterocycles. The van der Waals surface area contributed by atoms with Gasteiger partial charge in [0.15, 0.2) is 0 Å². The van der Waals surface area contributed by atoms with Crippen LogP contribution in [-0.4, -0.2) is 24.9 Å². The summed E-state index contributed by atoms with van der Waals surface area (Å²) in [6.07, 6.45) is 8.45. The van der Waals surface area contributed by atoms with E-state index in [1.165, 1.54) is 5.56 Å². The number of hydrogen-bond acceptors (Lipinski definition) is 6. The Kier molecular flexibility index (Phi) is 4.79. The SMILES string of the molecule is c1ccc(-c2ccc3c(NCc4ccc(-c5cnccn5)nc4)ncnc3c2)cc1. The molecule has 0 spiro atoms. The minimum atomic E-state index is 0.611. The van der Waals surface area contributed by atoms with Gasteiger partial charge in [0.25, 0.3) is 0 Å². The smallest absolute Gasteiger partial charge is 0.137 e. The van der Waals surface area contributed by atoms with E-state index in [9.17, 15) is 0 Å². The molecule has 0 atom stereocenters. The van der Waals surface area contributed by atoms with Gasteiger partial charge in [-0.1, -0.05) is 42.5 Å². The largest absolute Gasteiger partial charge is 0.365 e. The van der Waals surface area contributed by atoms with Crippen LogP contribution in [-0.2, 0) is 6.54 Å². The summed E-state index contributed by atoms with van der Waals surface area (Å²) in [5, 5.41) is 4.39. The van der Waals surface area contributed by atoms with E-state index >= 15 is 0 Å². The molecule has 6 nitrogen and oxygen atoms in total. The van der Waals surface area contributed by atoms with Crippen LogP contribution in [0, 0.1) is 0 Å². The number of rotatable bonds is 5. The Morgan fingerprint density at radius 1 is 0.700 bits per heavy atom. The number of aromatic nitrogens is 5. The number of pyridine rings is 1. The maximum atomic E-state index is 4.49. The van der Waals surface area contributed by atoms with E-state index in [-0.39, 0.29) is 0 Å². The van der Waals surface area contributed by atoms with Crippen LogP contribution in [0.25, 0.3) is 33.4 Å². The number of nitrogens with zero attached hydrogens (tertiary/aromatic N) is 5. The summed E-state index contributed by atoms with van der Waals surface area (Å²) in [5.74, 6) is 0.803. The van der Waals surface area contributed by atoms with Gasteiger partial charge in [-0.3, -0.25) is 15.0 Å². The molecule has 144 valence electrons. The molecule has 0 aliphatic carbocycles. The normalized spacial score (nSPS) is 10.8. The highest BCUT2D eigenvalue weighted by Gasteiger charge is 2.07. The number of benzene rings is 2.